The minimum absolute atomic E-state index is 0.109. The fourth-order valence-electron chi connectivity index (χ4n) is 2.18. The lowest BCUT2D eigenvalue weighted by atomic mass is 10.1. The van der Waals surface area contributed by atoms with Gasteiger partial charge in [-0.1, -0.05) is 12.0 Å². The van der Waals surface area contributed by atoms with E-state index in [0.717, 1.165) is 0 Å². The van der Waals surface area contributed by atoms with Gasteiger partial charge in [0.15, 0.2) is 0 Å². The molecule has 4 nitrogen and oxygen atoms in total. The molecule has 0 saturated carbocycles. The zero-order valence-corrected chi connectivity index (χ0v) is 13.5. The van der Waals surface area contributed by atoms with Crippen LogP contribution in [0.4, 0.5) is 10.1 Å². The van der Waals surface area contributed by atoms with Gasteiger partial charge in [-0.25, -0.2) is 9.37 Å². The summed E-state index contributed by atoms with van der Waals surface area (Å²) in [6.07, 6.45) is 1.63. The SMILES string of the molecule is N#Cc1ccc(NC(=O)c2cc(C#Cc3ccccn3)ccc2F)cc1. The number of amides is 1. The number of pyridine rings is 1. The molecule has 1 amide bonds. The van der Waals surface area contributed by atoms with Crippen LogP contribution < -0.4 is 5.32 Å². The van der Waals surface area contributed by atoms with Crippen LogP contribution in [0.3, 0.4) is 0 Å². The maximum absolute atomic E-state index is 14.0. The maximum Gasteiger partial charge on any atom is 0.258 e. The van der Waals surface area contributed by atoms with E-state index < -0.39 is 11.7 Å². The largest absolute Gasteiger partial charge is 0.322 e. The number of carbonyl (C=O) groups excluding carboxylic acids is 1. The average Bonchev–Trinajstić information content (AvgIpc) is 2.68. The van der Waals surface area contributed by atoms with Crippen LogP contribution in [0.1, 0.15) is 27.2 Å². The van der Waals surface area contributed by atoms with Gasteiger partial charge in [0.1, 0.15) is 11.5 Å². The third kappa shape index (κ3) is 4.11. The number of nitriles is 1. The Kier molecular flexibility index (Phi) is 5.03. The Bertz CT molecular complexity index is 1040. The number of carbonyl (C=O) groups is 1. The highest BCUT2D eigenvalue weighted by Crippen LogP contribution is 2.14. The summed E-state index contributed by atoms with van der Waals surface area (Å²) in [7, 11) is 0. The van der Waals surface area contributed by atoms with Crippen molar-refractivity contribution in [1.29, 1.82) is 5.26 Å². The van der Waals surface area contributed by atoms with Crippen LogP contribution in [-0.4, -0.2) is 10.9 Å². The van der Waals surface area contributed by atoms with Crippen LogP contribution in [-0.2, 0) is 0 Å². The van der Waals surface area contributed by atoms with E-state index in [-0.39, 0.29) is 5.56 Å². The molecule has 0 fully saturated rings. The molecule has 2 aromatic carbocycles. The Morgan fingerprint density at radius 3 is 2.46 bits per heavy atom. The highest BCUT2D eigenvalue weighted by atomic mass is 19.1. The van der Waals surface area contributed by atoms with Gasteiger partial charge in [-0.2, -0.15) is 5.26 Å². The minimum Gasteiger partial charge on any atom is -0.322 e. The fraction of sp³-hybridized carbons (Fsp3) is 0. The van der Waals surface area contributed by atoms with E-state index in [1.54, 1.807) is 42.6 Å². The number of nitrogens with zero attached hydrogens (tertiary/aromatic N) is 2. The molecule has 0 bridgehead atoms. The number of halogens is 1. The smallest absolute Gasteiger partial charge is 0.258 e. The molecule has 0 aliphatic rings. The van der Waals surface area contributed by atoms with Crippen molar-refractivity contribution in [1.82, 2.24) is 4.98 Å². The second kappa shape index (κ2) is 7.74. The van der Waals surface area contributed by atoms with E-state index >= 15 is 0 Å². The van der Waals surface area contributed by atoms with Crippen LogP contribution in [0.2, 0.25) is 0 Å². The number of rotatable bonds is 2. The molecule has 0 spiro atoms. The van der Waals surface area contributed by atoms with E-state index in [9.17, 15) is 9.18 Å². The van der Waals surface area contributed by atoms with Crippen molar-refractivity contribution in [3.8, 4) is 17.9 Å². The summed E-state index contributed by atoms with van der Waals surface area (Å²) in [5, 5.41) is 11.4. The first-order chi connectivity index (χ1) is 12.7. The first-order valence-electron chi connectivity index (χ1n) is 7.70. The number of hydrogen-bond acceptors (Lipinski definition) is 3. The van der Waals surface area contributed by atoms with Gasteiger partial charge in [-0.05, 0) is 60.5 Å². The molecule has 0 aliphatic carbocycles. The minimum atomic E-state index is -0.639. The van der Waals surface area contributed by atoms with Gasteiger partial charge in [-0.3, -0.25) is 4.79 Å². The molecule has 1 aromatic heterocycles. The van der Waals surface area contributed by atoms with E-state index in [1.807, 2.05) is 12.1 Å². The highest BCUT2D eigenvalue weighted by Gasteiger charge is 2.12. The highest BCUT2D eigenvalue weighted by molar-refractivity contribution is 6.04. The summed E-state index contributed by atoms with van der Waals surface area (Å²) in [5.41, 5.74) is 1.92. The Morgan fingerprint density at radius 1 is 1.00 bits per heavy atom. The first kappa shape index (κ1) is 16.9. The van der Waals surface area contributed by atoms with Crippen LogP contribution in [0, 0.1) is 29.0 Å². The molecule has 0 atom stereocenters. The van der Waals surface area contributed by atoms with Crippen molar-refractivity contribution in [2.24, 2.45) is 0 Å². The zero-order chi connectivity index (χ0) is 18.4. The number of benzene rings is 2. The summed E-state index contributed by atoms with van der Waals surface area (Å²) in [5.74, 6) is 4.50. The number of nitrogens with one attached hydrogen (secondary N) is 1. The van der Waals surface area contributed by atoms with Crippen molar-refractivity contribution >= 4 is 11.6 Å². The predicted molar refractivity (Wildman–Crippen MR) is 95.7 cm³/mol. The Morgan fingerprint density at radius 2 is 1.77 bits per heavy atom. The molecule has 1 heterocycles. The van der Waals surface area contributed by atoms with Gasteiger partial charge in [0, 0.05) is 17.4 Å². The Balaban J connectivity index is 1.82. The van der Waals surface area contributed by atoms with E-state index in [1.165, 1.54) is 18.2 Å². The molecule has 0 unspecified atom stereocenters. The lowest BCUT2D eigenvalue weighted by Crippen LogP contribution is -2.14. The molecule has 5 heteroatoms. The molecule has 0 saturated heterocycles. The topological polar surface area (TPSA) is 65.8 Å². The predicted octanol–water partition coefficient (Wildman–Crippen LogP) is 3.74. The second-order valence-electron chi connectivity index (χ2n) is 5.30. The lowest BCUT2D eigenvalue weighted by molar-refractivity contribution is 0.102. The number of aromatic nitrogens is 1. The van der Waals surface area contributed by atoms with E-state index in [0.29, 0.717) is 22.5 Å². The Hall–Kier alpha value is -3.96. The van der Waals surface area contributed by atoms with E-state index in [2.05, 4.69) is 22.1 Å². The summed E-state index contributed by atoms with van der Waals surface area (Å²) in [4.78, 5) is 16.4. The monoisotopic (exact) mass is 341 g/mol. The van der Waals surface area contributed by atoms with Gasteiger partial charge >= 0.3 is 0 Å². The normalized spacial score (nSPS) is 9.54. The fourth-order valence-corrected chi connectivity index (χ4v) is 2.18. The van der Waals surface area contributed by atoms with Gasteiger partial charge in [0.05, 0.1) is 17.2 Å². The van der Waals surface area contributed by atoms with Gasteiger partial charge < -0.3 is 5.32 Å². The molecule has 3 rings (SSSR count). The van der Waals surface area contributed by atoms with Gasteiger partial charge in [-0.15, -0.1) is 0 Å². The van der Waals surface area contributed by atoms with Crippen LogP contribution >= 0.6 is 0 Å². The molecule has 3 aromatic rings. The quantitative estimate of drug-likeness (QED) is 0.722. The van der Waals surface area contributed by atoms with E-state index in [4.69, 9.17) is 5.26 Å². The standard InChI is InChI=1S/C21H12FN3O/c22-20-11-7-15(4-8-17-3-1-2-12-24-17)13-19(20)21(26)25-18-9-5-16(14-23)6-10-18/h1-3,5-7,9-13H,(H,25,26). The van der Waals surface area contributed by atoms with Crippen molar-refractivity contribution in [2.75, 3.05) is 5.32 Å². The van der Waals surface area contributed by atoms with Gasteiger partial charge in [0.2, 0.25) is 0 Å². The molecule has 0 aliphatic heterocycles. The van der Waals surface area contributed by atoms with Crippen LogP contribution in [0.5, 0.6) is 0 Å². The summed E-state index contributed by atoms with van der Waals surface area (Å²) < 4.78 is 14.0. The molecule has 26 heavy (non-hydrogen) atoms. The van der Waals surface area contributed by atoms with Crippen molar-refractivity contribution in [3.05, 3.63) is 95.1 Å². The number of hydrogen-bond donors (Lipinski definition) is 1. The van der Waals surface area contributed by atoms with Crippen molar-refractivity contribution in [3.63, 3.8) is 0 Å². The summed E-state index contributed by atoms with van der Waals surface area (Å²) in [6.45, 7) is 0. The lowest BCUT2D eigenvalue weighted by Gasteiger charge is -2.06. The molecular weight excluding hydrogens is 329 g/mol. The van der Waals surface area contributed by atoms with Crippen LogP contribution in [0.15, 0.2) is 66.9 Å². The molecule has 1 N–H and O–H groups in total. The number of anilines is 1. The molecule has 0 radical (unpaired) electrons. The van der Waals surface area contributed by atoms with Gasteiger partial charge in [0.25, 0.3) is 5.91 Å². The zero-order valence-electron chi connectivity index (χ0n) is 13.5. The summed E-state index contributed by atoms with van der Waals surface area (Å²) >= 11 is 0. The Labute approximate surface area is 149 Å². The first-order valence-corrected chi connectivity index (χ1v) is 7.70. The van der Waals surface area contributed by atoms with Crippen molar-refractivity contribution < 1.29 is 9.18 Å². The average molecular weight is 341 g/mol. The molecule has 124 valence electrons. The second-order valence-corrected chi connectivity index (χ2v) is 5.30. The maximum atomic E-state index is 14.0. The summed E-state index contributed by atoms with van der Waals surface area (Å²) in [6, 6.07) is 17.8. The third-order valence-corrected chi connectivity index (χ3v) is 3.48. The third-order valence-electron chi connectivity index (χ3n) is 3.48. The van der Waals surface area contributed by atoms with Crippen LogP contribution in [0.25, 0.3) is 0 Å². The molecular formula is C21H12FN3O. The van der Waals surface area contributed by atoms with Crippen molar-refractivity contribution in [2.45, 2.75) is 0 Å².